The maximum absolute atomic E-state index is 12.8. The molecule has 7 nitrogen and oxygen atoms in total. The van der Waals surface area contributed by atoms with E-state index >= 15 is 0 Å². The van der Waals surface area contributed by atoms with Crippen LogP contribution in [0.4, 0.5) is 5.69 Å². The van der Waals surface area contributed by atoms with Gasteiger partial charge in [-0.1, -0.05) is 6.07 Å². The number of ether oxygens (including phenoxy) is 1. The van der Waals surface area contributed by atoms with E-state index in [2.05, 4.69) is 10.0 Å². The summed E-state index contributed by atoms with van der Waals surface area (Å²) in [7, 11) is -2.30. The first kappa shape index (κ1) is 20.7. The Kier molecular flexibility index (Phi) is 7.20. The lowest BCUT2D eigenvalue weighted by atomic mass is 10.1. The topological polar surface area (TPSA) is 111 Å². The molecule has 0 fully saturated rings. The molecule has 2 aromatic rings. The zero-order valence-electron chi connectivity index (χ0n) is 15.5. The maximum Gasteiger partial charge on any atom is 0.262 e. The van der Waals surface area contributed by atoms with Gasteiger partial charge in [0.2, 0.25) is 0 Å². The van der Waals surface area contributed by atoms with Crippen LogP contribution in [-0.2, 0) is 10.0 Å². The first-order valence-electron chi connectivity index (χ1n) is 8.63. The molecule has 1 amide bonds. The van der Waals surface area contributed by atoms with Gasteiger partial charge in [-0.15, -0.1) is 0 Å². The van der Waals surface area contributed by atoms with E-state index in [1.165, 1.54) is 13.2 Å². The van der Waals surface area contributed by atoms with Crippen LogP contribution >= 0.6 is 0 Å². The summed E-state index contributed by atoms with van der Waals surface area (Å²) < 4.78 is 33.1. The highest BCUT2D eigenvalue weighted by Crippen LogP contribution is 2.22. The number of nitrogens with two attached hydrogens (primary N) is 1. The van der Waals surface area contributed by atoms with E-state index < -0.39 is 10.0 Å². The monoisotopic (exact) mass is 391 g/mol. The third-order valence-corrected chi connectivity index (χ3v) is 5.52. The lowest BCUT2D eigenvalue weighted by Gasteiger charge is -2.12. The summed E-state index contributed by atoms with van der Waals surface area (Å²) in [6.07, 6.45) is 1.60. The summed E-state index contributed by atoms with van der Waals surface area (Å²) in [5, 5.41) is 2.77. The second-order valence-corrected chi connectivity index (χ2v) is 7.72. The third kappa shape index (κ3) is 5.70. The molecular weight excluding hydrogens is 366 g/mol. The Morgan fingerprint density at radius 1 is 1.11 bits per heavy atom. The van der Waals surface area contributed by atoms with Gasteiger partial charge >= 0.3 is 0 Å². The van der Waals surface area contributed by atoms with Crippen molar-refractivity contribution in [3.8, 4) is 5.75 Å². The smallest absolute Gasteiger partial charge is 0.262 e. The van der Waals surface area contributed by atoms with Crippen LogP contribution in [0, 0.1) is 6.92 Å². The molecule has 0 aliphatic heterocycles. The fraction of sp³-hybridized carbons (Fsp3) is 0.316. The van der Waals surface area contributed by atoms with E-state index in [0.29, 0.717) is 35.7 Å². The van der Waals surface area contributed by atoms with Gasteiger partial charge in [-0.2, -0.15) is 0 Å². The number of amides is 1. The van der Waals surface area contributed by atoms with Crippen LogP contribution in [-0.4, -0.2) is 34.5 Å². The number of unbranched alkanes of at least 4 members (excludes halogenated alkanes) is 1. The molecule has 0 radical (unpaired) electrons. The first-order chi connectivity index (χ1) is 12.9. The molecule has 0 aliphatic carbocycles. The van der Waals surface area contributed by atoms with Gasteiger partial charge in [-0.3, -0.25) is 9.52 Å². The Morgan fingerprint density at radius 2 is 1.81 bits per heavy atom. The van der Waals surface area contributed by atoms with Crippen LogP contribution in [0.5, 0.6) is 5.75 Å². The predicted octanol–water partition coefficient (Wildman–Crippen LogP) is 2.27. The van der Waals surface area contributed by atoms with Crippen LogP contribution in [0.15, 0.2) is 47.4 Å². The number of methoxy groups -OCH3 is 1. The number of benzene rings is 2. The Labute approximate surface area is 160 Å². The molecule has 0 aromatic heterocycles. The average molecular weight is 391 g/mol. The fourth-order valence-corrected chi connectivity index (χ4v) is 3.80. The van der Waals surface area contributed by atoms with Crippen molar-refractivity contribution < 1.29 is 17.9 Å². The zero-order valence-corrected chi connectivity index (χ0v) is 16.3. The van der Waals surface area contributed by atoms with Crippen molar-refractivity contribution in [1.29, 1.82) is 0 Å². The molecule has 8 heteroatoms. The van der Waals surface area contributed by atoms with Crippen molar-refractivity contribution in [2.45, 2.75) is 24.7 Å². The van der Waals surface area contributed by atoms with E-state index in [0.717, 1.165) is 12.8 Å². The largest absolute Gasteiger partial charge is 0.497 e. The quantitative estimate of drug-likeness (QED) is 0.568. The zero-order chi connectivity index (χ0) is 19.9. The second kappa shape index (κ2) is 9.38. The van der Waals surface area contributed by atoms with Crippen LogP contribution in [0.1, 0.15) is 28.8 Å². The highest BCUT2D eigenvalue weighted by Gasteiger charge is 2.19. The van der Waals surface area contributed by atoms with Crippen molar-refractivity contribution in [2.75, 3.05) is 24.9 Å². The van der Waals surface area contributed by atoms with Gasteiger partial charge in [0, 0.05) is 17.8 Å². The molecule has 2 aromatic carbocycles. The number of carbonyl (C=O) groups excluding carboxylic acids is 1. The lowest BCUT2D eigenvalue weighted by molar-refractivity contribution is 0.0953. The van der Waals surface area contributed by atoms with Crippen molar-refractivity contribution >= 4 is 21.6 Å². The predicted molar refractivity (Wildman–Crippen MR) is 106 cm³/mol. The average Bonchev–Trinajstić information content (AvgIpc) is 2.65. The first-order valence-corrected chi connectivity index (χ1v) is 10.1. The minimum absolute atomic E-state index is 0.0629. The number of rotatable bonds is 9. The van der Waals surface area contributed by atoms with Gasteiger partial charge in [-0.05, 0) is 68.3 Å². The molecule has 4 N–H and O–H groups in total. The minimum atomic E-state index is -3.84. The highest BCUT2D eigenvalue weighted by atomic mass is 32.2. The van der Waals surface area contributed by atoms with E-state index in [1.54, 1.807) is 43.3 Å². The van der Waals surface area contributed by atoms with E-state index in [4.69, 9.17) is 10.5 Å². The van der Waals surface area contributed by atoms with Crippen molar-refractivity contribution in [3.05, 3.63) is 53.6 Å². The standard InChI is InChI=1S/C19H25N3O4S/c1-14-5-6-15(19(23)21-12-4-3-11-20)13-18(14)27(24,25)22-16-7-9-17(26-2)10-8-16/h5-10,13,22H,3-4,11-12,20H2,1-2H3,(H,21,23). The van der Waals surface area contributed by atoms with E-state index in [1.807, 2.05) is 0 Å². The Bertz CT molecular complexity index is 880. The Balaban J connectivity index is 2.18. The SMILES string of the molecule is COc1ccc(NS(=O)(=O)c2cc(C(=O)NCCCCN)ccc2C)cc1. The molecule has 0 unspecified atom stereocenters. The molecule has 146 valence electrons. The molecule has 0 aliphatic rings. The molecule has 0 atom stereocenters. The molecule has 0 spiro atoms. The van der Waals surface area contributed by atoms with Gasteiger partial charge < -0.3 is 15.8 Å². The van der Waals surface area contributed by atoms with Gasteiger partial charge in [0.05, 0.1) is 12.0 Å². The normalized spacial score (nSPS) is 11.1. The number of nitrogens with one attached hydrogen (secondary N) is 2. The summed E-state index contributed by atoms with van der Waals surface area (Å²) in [6.45, 7) is 2.75. The van der Waals surface area contributed by atoms with E-state index in [9.17, 15) is 13.2 Å². The third-order valence-electron chi connectivity index (χ3n) is 4.00. The summed E-state index contributed by atoms with van der Waals surface area (Å²) in [5.41, 5.74) is 6.68. The molecule has 2 rings (SSSR count). The van der Waals surface area contributed by atoms with Gasteiger partial charge in [0.15, 0.2) is 0 Å². The second-order valence-electron chi connectivity index (χ2n) is 6.07. The van der Waals surface area contributed by atoms with Gasteiger partial charge in [-0.25, -0.2) is 8.42 Å². The molecular formula is C19H25N3O4S. The van der Waals surface area contributed by atoms with Crippen molar-refractivity contribution in [3.63, 3.8) is 0 Å². The number of sulfonamides is 1. The number of hydrogen-bond acceptors (Lipinski definition) is 5. The molecule has 0 heterocycles. The van der Waals surface area contributed by atoms with Crippen LogP contribution < -0.4 is 20.5 Å². The molecule has 0 saturated heterocycles. The van der Waals surface area contributed by atoms with Gasteiger partial charge in [0.1, 0.15) is 5.75 Å². The fourth-order valence-electron chi connectivity index (χ4n) is 2.47. The van der Waals surface area contributed by atoms with Crippen LogP contribution in [0.2, 0.25) is 0 Å². The van der Waals surface area contributed by atoms with Gasteiger partial charge in [0.25, 0.3) is 15.9 Å². The van der Waals surface area contributed by atoms with Crippen LogP contribution in [0.25, 0.3) is 0 Å². The van der Waals surface area contributed by atoms with Crippen molar-refractivity contribution in [2.24, 2.45) is 5.73 Å². The minimum Gasteiger partial charge on any atom is -0.497 e. The summed E-state index contributed by atoms with van der Waals surface area (Å²) in [4.78, 5) is 12.3. The number of anilines is 1. The Hall–Kier alpha value is -2.58. The molecule has 0 bridgehead atoms. The Morgan fingerprint density at radius 3 is 2.44 bits per heavy atom. The summed E-state index contributed by atoms with van der Waals surface area (Å²) in [6, 6.07) is 11.2. The van der Waals surface area contributed by atoms with E-state index in [-0.39, 0.29) is 10.8 Å². The number of hydrogen-bond donors (Lipinski definition) is 3. The highest BCUT2D eigenvalue weighted by molar-refractivity contribution is 7.92. The summed E-state index contributed by atoms with van der Waals surface area (Å²) >= 11 is 0. The molecule has 0 saturated carbocycles. The lowest BCUT2D eigenvalue weighted by Crippen LogP contribution is -2.25. The van der Waals surface area contributed by atoms with Crippen molar-refractivity contribution in [1.82, 2.24) is 5.32 Å². The van der Waals surface area contributed by atoms with Crippen LogP contribution in [0.3, 0.4) is 0 Å². The number of aryl methyl sites for hydroxylation is 1. The summed E-state index contributed by atoms with van der Waals surface area (Å²) in [5.74, 6) is 0.315. The number of carbonyl (C=O) groups is 1. The molecule has 27 heavy (non-hydrogen) atoms. The maximum atomic E-state index is 12.8.